The van der Waals surface area contributed by atoms with Gasteiger partial charge in [0.2, 0.25) is 0 Å². The fourth-order valence-corrected chi connectivity index (χ4v) is 2.48. The van der Waals surface area contributed by atoms with E-state index in [1.54, 1.807) is 0 Å². The molecule has 0 spiro atoms. The molecule has 0 aromatic heterocycles. The smallest absolute Gasteiger partial charge is 0.173 e. The van der Waals surface area contributed by atoms with Crippen LogP contribution in [0.3, 0.4) is 0 Å². The van der Waals surface area contributed by atoms with Crippen LogP contribution in [-0.4, -0.2) is 23.1 Å². The quantitative estimate of drug-likeness (QED) is 0.774. The lowest BCUT2D eigenvalue weighted by Crippen LogP contribution is -2.39. The Morgan fingerprint density at radius 1 is 1.20 bits per heavy atom. The Balaban J connectivity index is 2.81. The second kappa shape index (κ2) is 7.84. The summed E-state index contributed by atoms with van der Waals surface area (Å²) < 4.78 is 0. The minimum absolute atomic E-state index is 0.578. The number of aryl methyl sites for hydroxylation is 1. The van der Waals surface area contributed by atoms with Crippen LogP contribution in [0.15, 0.2) is 18.2 Å². The van der Waals surface area contributed by atoms with Gasteiger partial charge in [0.1, 0.15) is 0 Å². The summed E-state index contributed by atoms with van der Waals surface area (Å²) in [6.45, 7) is 12.8. The highest BCUT2D eigenvalue weighted by atomic mass is 35.5. The van der Waals surface area contributed by atoms with Gasteiger partial charge in [-0.3, -0.25) is 0 Å². The average molecular weight is 313 g/mol. The molecule has 1 N–H and O–H groups in total. The largest absolute Gasteiger partial charge is 0.349 e. The molecule has 0 amide bonds. The third-order valence-corrected chi connectivity index (χ3v) is 3.49. The molecule has 0 saturated carbocycles. The van der Waals surface area contributed by atoms with E-state index < -0.39 is 0 Å². The molecule has 0 aliphatic carbocycles. The first-order chi connectivity index (χ1) is 9.29. The van der Waals surface area contributed by atoms with E-state index in [1.807, 2.05) is 18.2 Å². The summed E-state index contributed by atoms with van der Waals surface area (Å²) in [5.41, 5.74) is 2.13. The molecule has 0 aliphatic heterocycles. The van der Waals surface area contributed by atoms with E-state index in [1.165, 1.54) is 0 Å². The lowest BCUT2D eigenvalue weighted by Gasteiger charge is -2.29. The van der Waals surface area contributed by atoms with Crippen LogP contribution in [-0.2, 0) is 0 Å². The predicted octanol–water partition coefficient (Wildman–Crippen LogP) is 4.96. The Hall–Kier alpha value is -0.800. The van der Waals surface area contributed by atoms with Gasteiger partial charge in [0.15, 0.2) is 5.11 Å². The van der Waals surface area contributed by atoms with Gasteiger partial charge < -0.3 is 10.2 Å². The molecule has 0 atom stereocenters. The lowest BCUT2D eigenvalue weighted by atomic mass is 10.1. The Morgan fingerprint density at radius 2 is 1.75 bits per heavy atom. The van der Waals surface area contributed by atoms with Gasteiger partial charge in [0.25, 0.3) is 0 Å². The minimum Gasteiger partial charge on any atom is -0.349 e. The zero-order chi connectivity index (χ0) is 15.3. The number of hydrogen-bond donors (Lipinski definition) is 1. The van der Waals surface area contributed by atoms with Crippen molar-refractivity contribution < 1.29 is 0 Å². The Morgan fingerprint density at radius 3 is 2.25 bits per heavy atom. The van der Waals surface area contributed by atoms with E-state index in [2.05, 4.69) is 44.8 Å². The molecular formula is C16H25ClN2S. The van der Waals surface area contributed by atoms with Crippen molar-refractivity contribution in [2.75, 3.05) is 18.4 Å². The number of hydrogen-bond acceptors (Lipinski definition) is 1. The zero-order valence-corrected chi connectivity index (χ0v) is 14.6. The van der Waals surface area contributed by atoms with E-state index >= 15 is 0 Å². The third-order valence-electron chi connectivity index (χ3n) is 2.90. The molecule has 0 unspecified atom stereocenters. The number of rotatable bonds is 5. The summed E-state index contributed by atoms with van der Waals surface area (Å²) in [4.78, 5) is 2.24. The van der Waals surface area contributed by atoms with E-state index in [-0.39, 0.29) is 0 Å². The first-order valence-electron chi connectivity index (χ1n) is 7.11. The van der Waals surface area contributed by atoms with Crippen LogP contribution in [0.2, 0.25) is 5.02 Å². The highest BCUT2D eigenvalue weighted by Crippen LogP contribution is 2.21. The average Bonchev–Trinajstić information content (AvgIpc) is 2.31. The van der Waals surface area contributed by atoms with Crippen LogP contribution in [0.25, 0.3) is 0 Å². The Kier molecular flexibility index (Phi) is 6.77. The van der Waals surface area contributed by atoms with E-state index in [4.69, 9.17) is 23.8 Å². The first-order valence-corrected chi connectivity index (χ1v) is 7.90. The van der Waals surface area contributed by atoms with Crippen molar-refractivity contribution in [1.29, 1.82) is 0 Å². The second-order valence-electron chi connectivity index (χ2n) is 6.08. The fraction of sp³-hybridized carbons (Fsp3) is 0.562. The molecule has 0 aliphatic rings. The van der Waals surface area contributed by atoms with E-state index in [0.29, 0.717) is 11.8 Å². The Labute approximate surface area is 133 Å². The van der Waals surface area contributed by atoms with Gasteiger partial charge in [-0.2, -0.15) is 0 Å². The van der Waals surface area contributed by atoms with Crippen molar-refractivity contribution >= 4 is 34.6 Å². The van der Waals surface area contributed by atoms with Crippen LogP contribution in [0.4, 0.5) is 5.69 Å². The summed E-state index contributed by atoms with van der Waals surface area (Å²) in [6, 6.07) is 5.82. The monoisotopic (exact) mass is 312 g/mol. The van der Waals surface area contributed by atoms with E-state index in [9.17, 15) is 0 Å². The van der Waals surface area contributed by atoms with Gasteiger partial charge in [-0.05, 0) is 48.7 Å². The third kappa shape index (κ3) is 5.68. The molecule has 1 aromatic carbocycles. The molecule has 112 valence electrons. The summed E-state index contributed by atoms with van der Waals surface area (Å²) >= 11 is 11.6. The van der Waals surface area contributed by atoms with Crippen LogP contribution < -0.4 is 5.32 Å². The maximum absolute atomic E-state index is 6.05. The van der Waals surface area contributed by atoms with Crippen LogP contribution in [0, 0.1) is 18.8 Å². The number of halogens is 1. The van der Waals surface area contributed by atoms with Crippen molar-refractivity contribution in [3.8, 4) is 0 Å². The molecule has 0 radical (unpaired) electrons. The topological polar surface area (TPSA) is 15.3 Å². The number of thiocarbonyl (C=S) groups is 1. The molecule has 20 heavy (non-hydrogen) atoms. The summed E-state index contributed by atoms with van der Waals surface area (Å²) in [5, 5.41) is 4.83. The van der Waals surface area contributed by atoms with E-state index in [0.717, 1.165) is 34.5 Å². The highest BCUT2D eigenvalue weighted by Gasteiger charge is 2.14. The van der Waals surface area contributed by atoms with Gasteiger partial charge in [-0.1, -0.05) is 45.4 Å². The van der Waals surface area contributed by atoms with Crippen molar-refractivity contribution in [1.82, 2.24) is 4.90 Å². The molecule has 0 heterocycles. The van der Waals surface area contributed by atoms with Gasteiger partial charge >= 0.3 is 0 Å². The Bertz CT molecular complexity index is 448. The molecule has 1 rings (SSSR count). The maximum Gasteiger partial charge on any atom is 0.173 e. The van der Waals surface area contributed by atoms with Crippen LogP contribution in [0.5, 0.6) is 0 Å². The second-order valence-corrected chi connectivity index (χ2v) is 6.91. The van der Waals surface area contributed by atoms with Crippen LogP contribution in [0.1, 0.15) is 33.3 Å². The molecule has 4 heteroatoms. The summed E-state index contributed by atoms with van der Waals surface area (Å²) in [5.74, 6) is 1.16. The normalized spacial score (nSPS) is 11.0. The van der Waals surface area contributed by atoms with Gasteiger partial charge in [-0.15, -0.1) is 0 Å². The van der Waals surface area contributed by atoms with Crippen molar-refractivity contribution in [3.05, 3.63) is 28.8 Å². The summed E-state index contributed by atoms with van der Waals surface area (Å²) in [7, 11) is 0. The highest BCUT2D eigenvalue weighted by molar-refractivity contribution is 7.80. The molecule has 2 nitrogen and oxygen atoms in total. The van der Waals surface area contributed by atoms with Crippen molar-refractivity contribution in [2.24, 2.45) is 11.8 Å². The zero-order valence-electron chi connectivity index (χ0n) is 13.0. The fourth-order valence-electron chi connectivity index (χ4n) is 2.05. The maximum atomic E-state index is 6.05. The van der Waals surface area contributed by atoms with Gasteiger partial charge in [-0.25, -0.2) is 0 Å². The number of benzene rings is 1. The first kappa shape index (κ1) is 17.3. The molecule has 0 bridgehead atoms. The molecule has 1 aromatic rings. The number of nitrogens with one attached hydrogen (secondary N) is 1. The summed E-state index contributed by atoms with van der Waals surface area (Å²) in [6.07, 6.45) is 0. The van der Waals surface area contributed by atoms with Crippen molar-refractivity contribution in [2.45, 2.75) is 34.6 Å². The lowest BCUT2D eigenvalue weighted by molar-refractivity contribution is 0.332. The number of nitrogens with zero attached hydrogens (tertiary/aromatic N) is 1. The van der Waals surface area contributed by atoms with Gasteiger partial charge in [0.05, 0.1) is 0 Å². The molecule has 0 saturated heterocycles. The van der Waals surface area contributed by atoms with Crippen molar-refractivity contribution in [3.63, 3.8) is 0 Å². The predicted molar refractivity (Wildman–Crippen MR) is 93.7 cm³/mol. The molecule has 0 fully saturated rings. The number of anilines is 1. The standard InChI is InChI=1S/C16H25ClN2S/c1-11(2)9-19(10-12(3)4)16(20)18-15-8-14(17)7-6-13(15)5/h6-8,11-12H,9-10H2,1-5H3,(H,18,20). The van der Waals surface area contributed by atoms with Gasteiger partial charge in [0, 0.05) is 23.8 Å². The van der Waals surface area contributed by atoms with Crippen LogP contribution >= 0.6 is 23.8 Å². The molecular weight excluding hydrogens is 288 g/mol. The SMILES string of the molecule is Cc1ccc(Cl)cc1NC(=S)N(CC(C)C)CC(C)C. The minimum atomic E-state index is 0.578.